The van der Waals surface area contributed by atoms with Crippen molar-refractivity contribution in [2.75, 3.05) is 6.79 Å². The summed E-state index contributed by atoms with van der Waals surface area (Å²) in [5.41, 5.74) is 4.60. The van der Waals surface area contributed by atoms with Crippen LogP contribution in [0.15, 0.2) is 60.7 Å². The molecule has 1 aliphatic heterocycles. The first kappa shape index (κ1) is 19.9. The van der Waals surface area contributed by atoms with Crippen LogP contribution in [-0.4, -0.2) is 6.79 Å². The van der Waals surface area contributed by atoms with E-state index in [1.807, 2.05) is 0 Å². The predicted molar refractivity (Wildman–Crippen MR) is 130 cm³/mol. The molecule has 4 aromatic carbocycles. The van der Waals surface area contributed by atoms with Crippen LogP contribution in [0.1, 0.15) is 52.7 Å². The molecule has 0 aliphatic carbocycles. The van der Waals surface area contributed by atoms with Gasteiger partial charge in [-0.25, -0.2) is 0 Å². The minimum atomic E-state index is -0.0595. The van der Waals surface area contributed by atoms with E-state index in [4.69, 9.17) is 9.47 Å². The summed E-state index contributed by atoms with van der Waals surface area (Å²) in [6.07, 6.45) is 0. The number of rotatable bonds is 0. The second-order valence-corrected chi connectivity index (χ2v) is 10.6. The molecule has 0 radical (unpaired) electrons. The number of benzene rings is 4. The zero-order chi connectivity index (χ0) is 22.0. The lowest BCUT2D eigenvalue weighted by atomic mass is 9.79. The maximum absolute atomic E-state index is 6.39. The molecule has 1 heterocycles. The van der Waals surface area contributed by atoms with Crippen molar-refractivity contribution in [3.05, 3.63) is 71.8 Å². The van der Waals surface area contributed by atoms with Crippen molar-refractivity contribution < 1.29 is 9.47 Å². The lowest BCUT2D eigenvalue weighted by Crippen LogP contribution is -2.16. The quantitative estimate of drug-likeness (QED) is 0.292. The van der Waals surface area contributed by atoms with Crippen LogP contribution < -0.4 is 9.47 Å². The van der Waals surface area contributed by atoms with Gasteiger partial charge in [0.1, 0.15) is 11.5 Å². The lowest BCUT2D eigenvalue weighted by Gasteiger charge is -2.26. The number of hydrogen-bond acceptors (Lipinski definition) is 2. The van der Waals surface area contributed by atoms with Gasteiger partial charge >= 0.3 is 0 Å². The summed E-state index contributed by atoms with van der Waals surface area (Å²) in [6.45, 7) is 13.7. The fraction of sp³-hybridized carbons (Fsp3) is 0.310. The van der Waals surface area contributed by atoms with Crippen LogP contribution in [0.2, 0.25) is 0 Å². The highest BCUT2D eigenvalue weighted by Gasteiger charge is 2.32. The molecular weight excluding hydrogens is 380 g/mol. The summed E-state index contributed by atoms with van der Waals surface area (Å²) >= 11 is 0. The van der Waals surface area contributed by atoms with Crippen LogP contribution in [0.3, 0.4) is 0 Å². The molecule has 0 saturated heterocycles. The van der Waals surface area contributed by atoms with Gasteiger partial charge in [-0.05, 0) is 44.5 Å². The minimum Gasteiger partial charge on any atom is -0.457 e. The molecule has 4 aromatic rings. The van der Waals surface area contributed by atoms with Crippen molar-refractivity contribution >= 4 is 21.5 Å². The Kier molecular flexibility index (Phi) is 4.34. The van der Waals surface area contributed by atoms with Gasteiger partial charge in [0, 0.05) is 22.3 Å². The van der Waals surface area contributed by atoms with Gasteiger partial charge < -0.3 is 9.47 Å². The SMILES string of the molecule is CC(C)(C)c1cc2ccccc2c2c1OCOc1c(C(C)(C)C)cc3ccccc3c1-2. The summed E-state index contributed by atoms with van der Waals surface area (Å²) in [7, 11) is 0. The van der Waals surface area contributed by atoms with Crippen LogP contribution in [0, 0.1) is 0 Å². The smallest absolute Gasteiger partial charge is 0.230 e. The Balaban J connectivity index is 2.05. The fourth-order valence-electron chi connectivity index (χ4n) is 4.71. The summed E-state index contributed by atoms with van der Waals surface area (Å²) in [6, 6.07) is 21.8. The second-order valence-electron chi connectivity index (χ2n) is 10.6. The first-order chi connectivity index (χ1) is 14.7. The fourth-order valence-corrected chi connectivity index (χ4v) is 4.71. The number of ether oxygens (including phenoxy) is 2. The summed E-state index contributed by atoms with van der Waals surface area (Å²) in [4.78, 5) is 0. The molecule has 0 unspecified atom stereocenters. The Morgan fingerprint density at radius 1 is 0.581 bits per heavy atom. The normalized spacial score (nSPS) is 13.9. The largest absolute Gasteiger partial charge is 0.457 e. The van der Waals surface area contributed by atoms with Crippen molar-refractivity contribution in [1.29, 1.82) is 0 Å². The Labute approximate surface area is 184 Å². The van der Waals surface area contributed by atoms with Gasteiger partial charge in [0.15, 0.2) is 0 Å². The van der Waals surface area contributed by atoms with Gasteiger partial charge in [-0.2, -0.15) is 0 Å². The van der Waals surface area contributed by atoms with Crippen molar-refractivity contribution in [3.8, 4) is 22.6 Å². The van der Waals surface area contributed by atoms with Crippen LogP contribution in [0.5, 0.6) is 11.5 Å². The van der Waals surface area contributed by atoms with Crippen LogP contribution in [0.4, 0.5) is 0 Å². The zero-order valence-electron chi connectivity index (χ0n) is 19.3. The molecule has 31 heavy (non-hydrogen) atoms. The lowest BCUT2D eigenvalue weighted by molar-refractivity contribution is 0.121. The topological polar surface area (TPSA) is 18.5 Å². The third kappa shape index (κ3) is 3.17. The average molecular weight is 411 g/mol. The maximum Gasteiger partial charge on any atom is 0.230 e. The molecule has 0 amide bonds. The molecule has 0 aromatic heterocycles. The molecule has 2 nitrogen and oxygen atoms in total. The standard InChI is InChI=1S/C29H30O2/c1-28(2,3)22-15-18-11-7-9-13-20(18)24-25-21-14-10-8-12-19(21)16-23(29(4,5)6)27(25)31-17-30-26(22)24/h7-16H,17H2,1-6H3. The third-order valence-corrected chi connectivity index (χ3v) is 6.28. The number of fused-ring (bicyclic) bond motifs is 7. The Morgan fingerprint density at radius 2 is 0.968 bits per heavy atom. The molecule has 158 valence electrons. The summed E-state index contributed by atoms with van der Waals surface area (Å²) in [5, 5.41) is 4.86. The zero-order valence-corrected chi connectivity index (χ0v) is 19.3. The monoisotopic (exact) mass is 410 g/mol. The highest BCUT2D eigenvalue weighted by atomic mass is 16.7. The molecule has 0 N–H and O–H groups in total. The maximum atomic E-state index is 6.39. The first-order valence-electron chi connectivity index (χ1n) is 11.0. The predicted octanol–water partition coefficient (Wildman–Crippen LogP) is 7.98. The molecule has 0 saturated carbocycles. The molecule has 0 fully saturated rings. The molecule has 5 rings (SSSR count). The van der Waals surface area contributed by atoms with Crippen molar-refractivity contribution in [1.82, 2.24) is 0 Å². The second kappa shape index (κ2) is 6.75. The van der Waals surface area contributed by atoms with Gasteiger partial charge in [-0.3, -0.25) is 0 Å². The van der Waals surface area contributed by atoms with E-state index in [1.54, 1.807) is 0 Å². The highest BCUT2D eigenvalue weighted by molar-refractivity contribution is 6.11. The van der Waals surface area contributed by atoms with Crippen molar-refractivity contribution in [2.45, 2.75) is 52.4 Å². The molecular formula is C29H30O2. The third-order valence-electron chi connectivity index (χ3n) is 6.28. The Hall–Kier alpha value is -3.00. The van der Waals surface area contributed by atoms with Crippen LogP contribution in [-0.2, 0) is 10.8 Å². The molecule has 0 bridgehead atoms. The van der Waals surface area contributed by atoms with Gasteiger partial charge in [0.25, 0.3) is 0 Å². The van der Waals surface area contributed by atoms with E-state index in [1.165, 1.54) is 32.7 Å². The van der Waals surface area contributed by atoms with Gasteiger partial charge in [0.2, 0.25) is 6.79 Å². The van der Waals surface area contributed by atoms with E-state index in [9.17, 15) is 0 Å². The first-order valence-corrected chi connectivity index (χ1v) is 11.0. The van der Waals surface area contributed by atoms with Gasteiger partial charge in [-0.15, -0.1) is 0 Å². The van der Waals surface area contributed by atoms with E-state index in [0.29, 0.717) is 0 Å². The number of hydrogen-bond donors (Lipinski definition) is 0. The van der Waals surface area contributed by atoms with Crippen LogP contribution >= 0.6 is 0 Å². The van der Waals surface area contributed by atoms with E-state index in [2.05, 4.69) is 102 Å². The van der Waals surface area contributed by atoms with E-state index in [-0.39, 0.29) is 17.6 Å². The average Bonchev–Trinajstić information content (AvgIpc) is 2.91. The van der Waals surface area contributed by atoms with Crippen molar-refractivity contribution in [3.63, 3.8) is 0 Å². The van der Waals surface area contributed by atoms with Gasteiger partial charge in [0.05, 0.1) is 0 Å². The van der Waals surface area contributed by atoms with E-state index >= 15 is 0 Å². The Bertz CT molecular complexity index is 1210. The van der Waals surface area contributed by atoms with Crippen molar-refractivity contribution in [2.24, 2.45) is 0 Å². The molecule has 1 aliphatic rings. The summed E-state index contributed by atoms with van der Waals surface area (Å²) in [5.74, 6) is 1.89. The van der Waals surface area contributed by atoms with E-state index < -0.39 is 0 Å². The molecule has 0 atom stereocenters. The molecule has 2 heteroatoms. The minimum absolute atomic E-state index is 0.0595. The summed E-state index contributed by atoms with van der Waals surface area (Å²) < 4.78 is 12.8. The molecule has 0 spiro atoms. The van der Waals surface area contributed by atoms with Gasteiger partial charge in [-0.1, -0.05) is 90.1 Å². The highest BCUT2D eigenvalue weighted by Crippen LogP contribution is 2.53. The van der Waals surface area contributed by atoms with Crippen LogP contribution in [0.25, 0.3) is 32.7 Å². The Morgan fingerprint density at radius 3 is 1.35 bits per heavy atom. The van der Waals surface area contributed by atoms with E-state index in [0.717, 1.165) is 22.6 Å².